The van der Waals surface area contributed by atoms with E-state index in [1.165, 1.54) is 0 Å². The average Bonchev–Trinajstić information content (AvgIpc) is 3.09. The van der Waals surface area contributed by atoms with E-state index < -0.39 is 60.1 Å². The third kappa shape index (κ3) is 17.1. The number of carbonyl (C=O) groups is 6. The Kier molecular flexibility index (Phi) is 21.2. The maximum Gasteiger partial charge on any atom is 0.226 e. The van der Waals surface area contributed by atoms with Crippen LogP contribution in [0.3, 0.4) is 0 Å². The number of rotatable bonds is 26. The smallest absolute Gasteiger partial charge is 0.226 e. The van der Waals surface area contributed by atoms with Gasteiger partial charge < -0.3 is 38.3 Å². The summed E-state index contributed by atoms with van der Waals surface area (Å²) in [6, 6.07) is 6.52. The number of hydrogen-bond donors (Lipinski definition) is 7. The zero-order valence-corrected chi connectivity index (χ0v) is 31.0. The van der Waals surface area contributed by atoms with Crippen molar-refractivity contribution in [3.05, 3.63) is 35.9 Å². The van der Waals surface area contributed by atoms with E-state index in [1.807, 2.05) is 30.3 Å². The van der Waals surface area contributed by atoms with Crippen LogP contribution < -0.4 is 33.2 Å². The first kappa shape index (κ1) is 44.9. The molecule has 0 spiro atoms. The number of ketones is 3. The molecule has 5 atom stereocenters. The van der Waals surface area contributed by atoms with Gasteiger partial charge in [-0.15, -0.1) is 0 Å². The monoisotopic (exact) mass is 715 g/mol. The van der Waals surface area contributed by atoms with Crippen LogP contribution in [0.2, 0.25) is 0 Å². The summed E-state index contributed by atoms with van der Waals surface area (Å²) >= 11 is 0. The highest BCUT2D eigenvalue weighted by molar-refractivity contribution is 5.96. The van der Waals surface area contributed by atoms with Crippen LogP contribution in [0.25, 0.3) is 0 Å². The summed E-state index contributed by atoms with van der Waals surface area (Å²) in [5, 5.41) is 18.5. The van der Waals surface area contributed by atoms with E-state index in [1.54, 1.807) is 34.6 Å². The zero-order chi connectivity index (χ0) is 38.5. The molecule has 0 saturated carbocycles. The minimum absolute atomic E-state index is 0.109. The van der Waals surface area contributed by atoms with Crippen LogP contribution in [-0.4, -0.2) is 84.0 Å². The molecule has 0 heterocycles. The number of amides is 3. The Labute approximate surface area is 302 Å². The second kappa shape index (κ2) is 24.1. The van der Waals surface area contributed by atoms with E-state index in [0.29, 0.717) is 32.2 Å². The van der Waals surface area contributed by atoms with Crippen molar-refractivity contribution in [2.24, 2.45) is 45.9 Å². The number of hydrogen-bond acceptors (Lipinski definition) is 9. The highest BCUT2D eigenvalue weighted by Gasteiger charge is 2.34. The molecular weight excluding hydrogens is 654 g/mol. The lowest BCUT2D eigenvalue weighted by Crippen LogP contribution is -2.50. The summed E-state index contributed by atoms with van der Waals surface area (Å²) in [5.41, 5.74) is 17.4. The van der Waals surface area contributed by atoms with Crippen molar-refractivity contribution >= 4 is 41.0 Å². The lowest BCUT2D eigenvalue weighted by molar-refractivity contribution is -0.136. The molecule has 0 saturated heterocycles. The van der Waals surface area contributed by atoms with Gasteiger partial charge in [0.15, 0.2) is 23.3 Å². The number of nitrogens with two attached hydrogens (primary N) is 3. The maximum atomic E-state index is 13.8. The highest BCUT2D eigenvalue weighted by atomic mass is 16.3. The molecule has 0 aliphatic rings. The van der Waals surface area contributed by atoms with Gasteiger partial charge in [-0.1, -0.05) is 65.0 Å². The summed E-state index contributed by atoms with van der Waals surface area (Å²) in [6.07, 6.45) is 2.10. The van der Waals surface area contributed by atoms with Crippen molar-refractivity contribution in [1.82, 2.24) is 16.0 Å². The summed E-state index contributed by atoms with van der Waals surface area (Å²) in [7, 11) is 0. The summed E-state index contributed by atoms with van der Waals surface area (Å²) in [5.74, 6) is -5.37. The third-order valence-electron chi connectivity index (χ3n) is 8.68. The van der Waals surface area contributed by atoms with Gasteiger partial charge in [0.05, 0.1) is 30.7 Å². The van der Waals surface area contributed by atoms with Gasteiger partial charge in [-0.05, 0) is 56.6 Å². The van der Waals surface area contributed by atoms with Gasteiger partial charge in [-0.25, -0.2) is 0 Å². The van der Waals surface area contributed by atoms with Gasteiger partial charge in [0.2, 0.25) is 17.7 Å². The van der Waals surface area contributed by atoms with E-state index in [0.717, 1.165) is 5.56 Å². The summed E-state index contributed by atoms with van der Waals surface area (Å²) in [4.78, 5) is 83.5. The van der Waals surface area contributed by atoms with Gasteiger partial charge in [-0.2, -0.15) is 0 Å². The van der Waals surface area contributed by atoms with Crippen molar-refractivity contribution in [2.75, 3.05) is 19.7 Å². The quantitative estimate of drug-likeness (QED) is 0.0411. The first-order valence-electron chi connectivity index (χ1n) is 18.0. The van der Waals surface area contributed by atoms with Gasteiger partial charge in [0, 0.05) is 37.6 Å². The fraction of sp³-hybridized carbons (Fsp3) is 0.649. The molecule has 0 aliphatic carbocycles. The van der Waals surface area contributed by atoms with Crippen molar-refractivity contribution in [2.45, 2.75) is 111 Å². The molecule has 1 aromatic carbocycles. The SMILES string of the molecule is CCC(=O)N[C@@H](CCCCN)C(=O)C[C@@H](CCCN=C(N)N)C(=O)N[C@H](C(=O)C[C@@H](CO)C(=O)N[C@@H](Cc1ccccc1)C(=O)C(C)C)C(C)C. The van der Waals surface area contributed by atoms with Crippen LogP contribution in [0.4, 0.5) is 0 Å². The van der Waals surface area contributed by atoms with E-state index in [9.17, 15) is 33.9 Å². The predicted molar refractivity (Wildman–Crippen MR) is 197 cm³/mol. The van der Waals surface area contributed by atoms with Crippen LogP contribution in [0.15, 0.2) is 35.3 Å². The Hall–Kier alpha value is -4.17. The summed E-state index contributed by atoms with van der Waals surface area (Å²) in [6.45, 7) is 8.63. The number of aliphatic imine (C=N–C) groups is 1. The Morgan fingerprint density at radius 1 is 0.784 bits per heavy atom. The first-order chi connectivity index (χ1) is 24.1. The van der Waals surface area contributed by atoms with Crippen LogP contribution in [0, 0.1) is 23.7 Å². The zero-order valence-electron chi connectivity index (χ0n) is 31.0. The van der Waals surface area contributed by atoms with Crippen LogP contribution >= 0.6 is 0 Å². The van der Waals surface area contributed by atoms with E-state index in [4.69, 9.17) is 17.2 Å². The molecule has 0 radical (unpaired) electrons. The highest BCUT2D eigenvalue weighted by Crippen LogP contribution is 2.19. The summed E-state index contributed by atoms with van der Waals surface area (Å²) < 4.78 is 0. The number of nitrogens with zero attached hydrogens (tertiary/aromatic N) is 1. The first-order valence-corrected chi connectivity index (χ1v) is 18.0. The standard InChI is InChI=1S/C37H61N7O7/c1-6-32(48)42-28(16-10-11-17-38)30(46)20-26(15-12-18-41-37(39)40)35(50)44-33(23(2)3)31(47)21-27(22-45)36(51)43-29(34(49)24(4)5)19-25-13-8-7-9-14-25/h7-9,13-14,23-24,26-29,33,45H,6,10-12,15-22,38H2,1-5H3,(H,42,48)(H,43,51)(H,44,50)(H4,39,40,41)/t26-,27+,28+,29+,33+/m1/s1. The van der Waals surface area contributed by atoms with Gasteiger partial charge in [-0.3, -0.25) is 33.8 Å². The van der Waals surface area contributed by atoms with Gasteiger partial charge >= 0.3 is 0 Å². The molecular formula is C37H61N7O7. The van der Waals surface area contributed by atoms with Gasteiger partial charge in [0.25, 0.3) is 0 Å². The predicted octanol–water partition coefficient (Wildman–Crippen LogP) is 1.30. The second-order valence-corrected chi connectivity index (χ2v) is 13.7. The van der Waals surface area contributed by atoms with E-state index in [2.05, 4.69) is 20.9 Å². The van der Waals surface area contributed by atoms with Crippen LogP contribution in [0.5, 0.6) is 0 Å². The second-order valence-electron chi connectivity index (χ2n) is 13.7. The van der Waals surface area contributed by atoms with Gasteiger partial charge in [0.1, 0.15) is 0 Å². The normalized spacial score (nSPS) is 14.1. The molecule has 10 N–H and O–H groups in total. The Morgan fingerprint density at radius 3 is 1.96 bits per heavy atom. The lowest BCUT2D eigenvalue weighted by atomic mass is 9.89. The molecule has 0 bridgehead atoms. The van der Waals surface area contributed by atoms with Crippen molar-refractivity contribution in [3.8, 4) is 0 Å². The van der Waals surface area contributed by atoms with Crippen LogP contribution in [-0.2, 0) is 35.2 Å². The van der Waals surface area contributed by atoms with Crippen molar-refractivity contribution < 1.29 is 33.9 Å². The number of benzene rings is 1. The van der Waals surface area contributed by atoms with E-state index in [-0.39, 0.29) is 68.0 Å². The molecule has 3 amide bonds. The molecule has 1 aromatic rings. The fourth-order valence-electron chi connectivity index (χ4n) is 5.62. The number of carbonyl (C=O) groups excluding carboxylic acids is 6. The number of Topliss-reactive ketones (excluding diaryl/α,β-unsaturated/α-hetero) is 3. The fourth-order valence-corrected chi connectivity index (χ4v) is 5.62. The van der Waals surface area contributed by atoms with E-state index >= 15 is 0 Å². The average molecular weight is 716 g/mol. The Bertz CT molecular complexity index is 1300. The lowest BCUT2D eigenvalue weighted by Gasteiger charge is -2.27. The Balaban J connectivity index is 3.17. The minimum atomic E-state index is -1.16. The molecule has 51 heavy (non-hydrogen) atoms. The van der Waals surface area contributed by atoms with Crippen molar-refractivity contribution in [1.29, 1.82) is 0 Å². The molecule has 286 valence electrons. The molecule has 14 heteroatoms. The molecule has 14 nitrogen and oxygen atoms in total. The molecule has 0 unspecified atom stereocenters. The maximum absolute atomic E-state index is 13.8. The third-order valence-corrected chi connectivity index (χ3v) is 8.68. The number of nitrogens with one attached hydrogen (secondary N) is 3. The number of aliphatic hydroxyl groups is 1. The molecule has 0 fully saturated rings. The molecule has 0 aromatic heterocycles. The number of aliphatic hydroxyl groups excluding tert-OH is 1. The largest absolute Gasteiger partial charge is 0.396 e. The number of guanidine groups is 1. The Morgan fingerprint density at radius 2 is 1.41 bits per heavy atom. The molecule has 1 rings (SSSR count). The minimum Gasteiger partial charge on any atom is -0.396 e. The van der Waals surface area contributed by atoms with Crippen LogP contribution in [0.1, 0.15) is 91.5 Å². The molecule has 0 aliphatic heterocycles. The topological polar surface area (TPSA) is 249 Å². The number of unbranched alkanes of at least 4 members (excludes halogenated alkanes) is 1. The van der Waals surface area contributed by atoms with Crippen molar-refractivity contribution in [3.63, 3.8) is 0 Å².